The third-order valence-corrected chi connectivity index (χ3v) is 15.2. The van der Waals surface area contributed by atoms with Gasteiger partial charge in [-0.1, -0.05) is 294 Å². The highest BCUT2D eigenvalue weighted by molar-refractivity contribution is 7.47. The fourth-order valence-corrected chi connectivity index (χ4v) is 9.74. The maximum absolute atomic E-state index is 13.0. The number of phosphoric ester groups is 1. The molecule has 0 aliphatic rings. The van der Waals surface area contributed by atoms with Gasteiger partial charge >= 0.3 is 7.82 Å². The lowest BCUT2D eigenvalue weighted by Gasteiger charge is -2.25. The highest BCUT2D eigenvalue weighted by atomic mass is 31.2. The van der Waals surface area contributed by atoms with E-state index < -0.39 is 20.0 Å². The van der Waals surface area contributed by atoms with E-state index in [1.165, 1.54) is 109 Å². The van der Waals surface area contributed by atoms with Crippen LogP contribution in [0.15, 0.2) is 158 Å². The van der Waals surface area contributed by atoms with Crippen LogP contribution in [0.25, 0.3) is 0 Å². The van der Waals surface area contributed by atoms with Crippen LogP contribution < -0.4 is 5.32 Å². The number of quaternary nitrogens is 1. The molecule has 3 unspecified atom stereocenters. The Bertz CT molecular complexity index is 1930. The van der Waals surface area contributed by atoms with Crippen LogP contribution in [0.4, 0.5) is 0 Å². The van der Waals surface area contributed by atoms with Crippen molar-refractivity contribution >= 4 is 13.7 Å². The van der Waals surface area contributed by atoms with E-state index >= 15 is 0 Å². The zero-order valence-corrected chi connectivity index (χ0v) is 55.5. The molecule has 0 heterocycles. The average molecular weight is 1180 g/mol. The summed E-state index contributed by atoms with van der Waals surface area (Å²) in [7, 11) is 1.52. The zero-order chi connectivity index (χ0) is 61.2. The molecule has 8 nitrogen and oxygen atoms in total. The number of aliphatic hydroxyl groups excluding tert-OH is 1. The minimum atomic E-state index is -4.38. The smallest absolute Gasteiger partial charge is 0.387 e. The Hall–Kier alpha value is -3.88. The van der Waals surface area contributed by atoms with Crippen LogP contribution in [0, 0.1) is 0 Å². The molecule has 84 heavy (non-hydrogen) atoms. The van der Waals surface area contributed by atoms with Gasteiger partial charge in [0, 0.05) is 6.42 Å². The van der Waals surface area contributed by atoms with E-state index in [2.05, 4.69) is 165 Å². The number of amides is 1. The first-order valence-electron chi connectivity index (χ1n) is 33.9. The predicted octanol–water partition coefficient (Wildman–Crippen LogP) is 21.8. The molecule has 3 N–H and O–H groups in total. The molecule has 0 rings (SSSR count). The van der Waals surface area contributed by atoms with E-state index in [1.807, 2.05) is 27.2 Å². The first-order valence-corrected chi connectivity index (χ1v) is 35.4. The van der Waals surface area contributed by atoms with Crippen molar-refractivity contribution in [2.24, 2.45) is 0 Å². The Labute approximate surface area is 518 Å². The normalized spacial score (nSPS) is 14.7. The molecule has 9 heteroatoms. The van der Waals surface area contributed by atoms with Crippen LogP contribution in [-0.2, 0) is 18.4 Å². The number of rotatable bonds is 60. The molecule has 0 bridgehead atoms. The number of unbranched alkanes of at least 4 members (excludes halogenated alkanes) is 23. The van der Waals surface area contributed by atoms with Gasteiger partial charge in [0.05, 0.1) is 39.9 Å². The van der Waals surface area contributed by atoms with E-state index in [1.54, 1.807) is 6.08 Å². The van der Waals surface area contributed by atoms with Crippen LogP contribution in [0.5, 0.6) is 0 Å². The Balaban J connectivity index is 4.25. The molecule has 0 radical (unpaired) electrons. The van der Waals surface area contributed by atoms with E-state index in [0.29, 0.717) is 17.4 Å². The van der Waals surface area contributed by atoms with Crippen LogP contribution in [0.1, 0.15) is 258 Å². The van der Waals surface area contributed by atoms with Gasteiger partial charge in [-0.05, 0) is 116 Å². The zero-order valence-electron chi connectivity index (χ0n) is 54.6. The van der Waals surface area contributed by atoms with Crippen LogP contribution >= 0.6 is 7.82 Å². The second-order valence-electron chi connectivity index (χ2n) is 23.5. The molecule has 0 saturated carbocycles. The number of phosphoric acid groups is 1. The molecule has 0 fully saturated rings. The van der Waals surface area contributed by atoms with Gasteiger partial charge in [-0.25, -0.2) is 4.57 Å². The summed E-state index contributed by atoms with van der Waals surface area (Å²) >= 11 is 0. The molecule has 478 valence electrons. The van der Waals surface area contributed by atoms with E-state index in [9.17, 15) is 19.4 Å². The topological polar surface area (TPSA) is 105 Å². The number of allylic oxidation sites excluding steroid dienone is 25. The van der Waals surface area contributed by atoms with Crippen molar-refractivity contribution in [1.82, 2.24) is 5.32 Å². The first-order chi connectivity index (χ1) is 41.0. The largest absolute Gasteiger partial charge is 0.472 e. The number of carbonyl (C=O) groups excluding carboxylic acids is 1. The van der Waals surface area contributed by atoms with Gasteiger partial charge in [0.1, 0.15) is 13.2 Å². The average Bonchev–Trinajstić information content (AvgIpc) is 3.56. The van der Waals surface area contributed by atoms with E-state index in [0.717, 1.165) is 128 Å². The predicted molar refractivity (Wildman–Crippen MR) is 368 cm³/mol. The number of hydrogen-bond donors (Lipinski definition) is 3. The molecule has 0 aliphatic heterocycles. The van der Waals surface area contributed by atoms with Gasteiger partial charge in [0.25, 0.3) is 0 Å². The molecular formula is C75H128N2O6P+. The van der Waals surface area contributed by atoms with Gasteiger partial charge in [-0.2, -0.15) is 0 Å². The van der Waals surface area contributed by atoms with Crippen LogP contribution in [-0.4, -0.2) is 73.4 Å². The van der Waals surface area contributed by atoms with Crippen molar-refractivity contribution in [3.63, 3.8) is 0 Å². The maximum atomic E-state index is 13.0. The fraction of sp³-hybridized carbons (Fsp3) is 0.640. The third-order valence-electron chi connectivity index (χ3n) is 14.2. The first kappa shape index (κ1) is 80.1. The second-order valence-corrected chi connectivity index (χ2v) is 24.9. The molecular weight excluding hydrogens is 1060 g/mol. The van der Waals surface area contributed by atoms with Gasteiger partial charge in [0.2, 0.25) is 5.91 Å². The maximum Gasteiger partial charge on any atom is 0.472 e. The summed E-state index contributed by atoms with van der Waals surface area (Å²) in [5.74, 6) is -0.210. The molecule has 0 aliphatic carbocycles. The lowest BCUT2D eigenvalue weighted by atomic mass is 10.0. The number of hydrogen-bond acceptors (Lipinski definition) is 5. The van der Waals surface area contributed by atoms with E-state index in [-0.39, 0.29) is 19.1 Å². The minimum absolute atomic E-state index is 0.0439. The van der Waals surface area contributed by atoms with Crippen molar-refractivity contribution in [2.75, 3.05) is 40.9 Å². The standard InChI is InChI=1S/C75H127N2O6P/c1-6-8-10-12-14-16-18-20-22-24-26-28-30-31-32-33-34-35-36-37-38-39-40-41-42-43-44-45-47-49-51-53-55-57-59-61-63-65-67-69-75(79)76-73(72-83-84(80,81)82-71-70-77(3,4)5)74(78)68-66-64-62-60-58-56-54-52-50-48-46-29-27-25-23-21-19-17-15-13-11-9-7-2/h8,10,14,16,20,22,26,28,31-32,34-35,37-38,40-41,43-44,47,49,53,55,58,60,66,68,73-74,78H,6-7,9,11-13,15,17-19,21,23-25,27,29-30,33,36,39,42,45-46,48,50-52,54,56-57,59,61-65,67,69-72H2,1-5H3,(H-,76,79,80,81)/p+1/b10-8-,16-14-,22-20-,28-26-,32-31-,35-34-,38-37-,41-40-,44-43-,49-47-,55-53-,60-58+,68-66+. The van der Waals surface area contributed by atoms with Crippen molar-refractivity contribution < 1.29 is 32.9 Å². The van der Waals surface area contributed by atoms with Crippen LogP contribution in [0.3, 0.4) is 0 Å². The number of aliphatic hydroxyl groups is 1. The lowest BCUT2D eigenvalue weighted by molar-refractivity contribution is -0.870. The van der Waals surface area contributed by atoms with Gasteiger partial charge in [-0.3, -0.25) is 13.8 Å². The highest BCUT2D eigenvalue weighted by Crippen LogP contribution is 2.43. The monoisotopic (exact) mass is 1180 g/mol. The Morgan fingerprint density at radius 1 is 0.417 bits per heavy atom. The van der Waals surface area contributed by atoms with E-state index in [4.69, 9.17) is 9.05 Å². The van der Waals surface area contributed by atoms with Crippen molar-refractivity contribution in [3.8, 4) is 0 Å². The molecule has 0 aromatic heterocycles. The molecule has 0 aromatic rings. The molecule has 0 spiro atoms. The van der Waals surface area contributed by atoms with Gasteiger partial charge in [-0.15, -0.1) is 0 Å². The second kappa shape index (κ2) is 63.6. The van der Waals surface area contributed by atoms with Crippen molar-refractivity contribution in [2.45, 2.75) is 270 Å². The summed E-state index contributed by atoms with van der Waals surface area (Å²) in [6.07, 6.45) is 99.5. The minimum Gasteiger partial charge on any atom is -0.387 e. The molecule has 0 saturated heterocycles. The van der Waals surface area contributed by atoms with Gasteiger partial charge in [0.15, 0.2) is 0 Å². The SMILES string of the molecule is CC/C=C\C/C=C\C/C=C\C/C=C\C/C=C\C/C=C\C/C=C\C/C=C\C/C=C\C/C=C\C/C=C\CCCCCCCC(=O)NC(COP(=O)(O)OCC[N+](C)(C)C)C(O)/C=C/CC/C=C/CCCCCCCCCCCCCCCCCCC. The molecule has 0 aromatic carbocycles. The van der Waals surface area contributed by atoms with Crippen molar-refractivity contribution in [1.29, 1.82) is 0 Å². The van der Waals surface area contributed by atoms with Gasteiger partial charge < -0.3 is 19.8 Å². The summed E-state index contributed by atoms with van der Waals surface area (Å²) < 4.78 is 23.7. The number of nitrogens with one attached hydrogen (secondary N) is 1. The molecule has 1 amide bonds. The lowest BCUT2D eigenvalue weighted by Crippen LogP contribution is -2.45. The quantitative estimate of drug-likeness (QED) is 0.0243. The number of likely N-dealkylation sites (N-methyl/N-ethyl adjacent to an activating group) is 1. The summed E-state index contributed by atoms with van der Waals surface area (Å²) in [6.45, 7) is 4.67. The Morgan fingerprint density at radius 2 is 0.726 bits per heavy atom. The fourth-order valence-electron chi connectivity index (χ4n) is 9.00. The summed E-state index contributed by atoms with van der Waals surface area (Å²) in [6, 6.07) is -0.887. The number of carbonyl (C=O) groups is 1. The Kier molecular flexibility index (Phi) is 60.7. The third kappa shape index (κ3) is 65.7. The highest BCUT2D eigenvalue weighted by Gasteiger charge is 2.27. The number of nitrogens with zero attached hydrogens (tertiary/aromatic N) is 1. The molecule has 3 atom stereocenters. The summed E-state index contributed by atoms with van der Waals surface area (Å²) in [5, 5.41) is 13.9. The Morgan fingerprint density at radius 3 is 1.10 bits per heavy atom. The summed E-state index contributed by atoms with van der Waals surface area (Å²) in [5.41, 5.74) is 0. The van der Waals surface area contributed by atoms with Crippen LogP contribution in [0.2, 0.25) is 0 Å². The van der Waals surface area contributed by atoms with Crippen molar-refractivity contribution in [3.05, 3.63) is 158 Å². The summed E-state index contributed by atoms with van der Waals surface area (Å²) in [4.78, 5) is 23.4.